The summed E-state index contributed by atoms with van der Waals surface area (Å²) in [6, 6.07) is 0. The van der Waals surface area contributed by atoms with Crippen LogP contribution in [0.15, 0.2) is 11.6 Å². The summed E-state index contributed by atoms with van der Waals surface area (Å²) in [5.41, 5.74) is -4.01. The van der Waals surface area contributed by atoms with E-state index in [1.807, 2.05) is 0 Å². The molecule has 0 aromatic carbocycles. The molecule has 121 heavy (non-hydrogen) atoms. The van der Waals surface area contributed by atoms with Gasteiger partial charge in [0.15, 0.2) is 62.3 Å². The Morgan fingerprint density at radius 3 is 1.55 bits per heavy atom. The lowest BCUT2D eigenvalue weighted by molar-refractivity contribution is -0.397. The summed E-state index contributed by atoms with van der Waals surface area (Å²) in [5.74, 6) is -5.35. The summed E-state index contributed by atoms with van der Waals surface area (Å²) >= 11 is 0. The maximum atomic E-state index is 16.2. The smallest absolute Gasteiger partial charge is 0.335 e. The number of carbonyl (C=O) groups is 5. The molecular formula is C79H122O42. The van der Waals surface area contributed by atoms with Gasteiger partial charge in [0.05, 0.1) is 55.6 Å². The van der Waals surface area contributed by atoms with E-state index in [4.69, 9.17) is 85.3 Å². The first-order valence-corrected chi connectivity index (χ1v) is 41.6. The van der Waals surface area contributed by atoms with Crippen LogP contribution in [0.3, 0.4) is 0 Å². The molecule has 0 aromatic heterocycles. The summed E-state index contributed by atoms with van der Waals surface area (Å²) in [6.45, 7) is 14.1. The monoisotopic (exact) mass is 1740 g/mol. The maximum absolute atomic E-state index is 16.2. The summed E-state index contributed by atoms with van der Waals surface area (Å²) in [7, 11) is 0. The Morgan fingerprint density at radius 1 is 0.455 bits per heavy atom. The lowest BCUT2D eigenvalue weighted by Gasteiger charge is -2.71. The number of carboxylic acid groups (broad SMARTS) is 1. The van der Waals surface area contributed by atoms with Gasteiger partial charge in [0.25, 0.3) is 0 Å². The molecule has 13 rings (SSSR count). The van der Waals surface area contributed by atoms with E-state index >= 15 is 4.79 Å². The number of fused-ring (bicyclic) bond motifs is 7. The Hall–Kier alpha value is -4.03. The third-order valence-corrected chi connectivity index (χ3v) is 29.1. The van der Waals surface area contributed by atoms with E-state index in [1.165, 1.54) is 13.8 Å². The van der Waals surface area contributed by atoms with Gasteiger partial charge in [0.2, 0.25) is 6.29 Å². The quantitative estimate of drug-likeness (QED) is 0.0158. The number of aliphatic hydroxyl groups is 18. The number of aliphatic carboxylic acids is 1. The molecule has 4 saturated carbocycles. The Bertz CT molecular complexity index is 3640. The SMILES string of the molecule is CC(=O)OC[C@H]1O[C@@H](O[C@H]2[C@@H](O)[C@H](O[C@H]3[C@H](OC(=O)[C@]45CCC(C)(C)C[C@H]4C4=CC[C@@H]6[C@@]7(C)CC[C@H](O[C@@H]8O[C@H](C(=O)O)[C@@H](O)[C@H](O[C@@H]9OC[C@@H](O)[C@H](O)[C@H]9O)[C@H]8O[C@@H]8O[C@H](CO)[C@H](O)[C@H](O)[C@H]8O)[C@@](C)(C=O)[C@@H]7CC[C@@]6(C)[C@]4(C)CC5)O[C@H](C)[C@H](OC(C)=O)[C@@H]3O)O[C@@H](C)[C@@H]2O[C@@H]2OC[C@@H](O)[C@H](O[C@@H]3OC[C@H](O)[C@H](O)[C@H]3O)[C@H]2O)[C@H](O)[C@@H](O)[C@@H]1O. The standard InChI is InChI=1S/C79H122O42/c1-28-56(110-31(4)83)52(97)62(119-70-55(100)60(117-69-51(96)47(92)45(90)38(112-69)26-104-30(3)82)57(29(2)108-70)114-67-54(99)58(36(86)25-107-67)115-65-48(93)42(87)34(84)23-105-65)71(109-28)121-73(103)79-19-17-74(5,6)21-33(79)32-11-12-40-75(7)15-14-41(76(8,27-81)39(75)13-16-78(40,10)77(32,9)18-20-79)113-72-63(120-68-50(95)46(91)44(89)37(22-80)111-68)59(53(98)61(118-72)64(101)102)116-66-49(94)43(88)35(85)24-106-66/h11,27-29,33-63,65-72,80,84-100H,12-26H2,1-10H3,(H,101,102)/t28-,29+,33+,34+,35-,36-,37-,38-,39-,40-,41+,42+,43+,44+,45-,46+,47+,48-,49-,50-,51-,52+,53+,54-,55-,56+,57+,58+,59+,60+,61+,62-,63-,65+,66+,67+,68+,69+,70+,71+,72-,75+,76+,77-,78-,79+/m1/s1. The first kappa shape index (κ1) is 94.6. The molecule has 0 radical (unpaired) electrons. The highest BCUT2D eigenvalue weighted by atomic mass is 16.8. The van der Waals surface area contributed by atoms with Crippen molar-refractivity contribution in [2.45, 2.75) is 367 Å². The van der Waals surface area contributed by atoms with Gasteiger partial charge in [-0.05, 0) is 117 Å². The molecule has 690 valence electrons. The van der Waals surface area contributed by atoms with E-state index in [0.29, 0.717) is 51.4 Å². The molecule has 8 aliphatic heterocycles. The van der Waals surface area contributed by atoms with Crippen LogP contribution in [-0.4, -0.2) is 394 Å². The van der Waals surface area contributed by atoms with E-state index < -0.39 is 329 Å². The fraction of sp³-hybridized carbons (Fsp3) is 0.911. The van der Waals surface area contributed by atoms with Gasteiger partial charge < -0.3 is 187 Å². The molecule has 46 atom stereocenters. The van der Waals surface area contributed by atoms with Crippen molar-refractivity contribution in [3.05, 3.63) is 11.6 Å². The third-order valence-electron chi connectivity index (χ3n) is 29.1. The van der Waals surface area contributed by atoms with Crippen molar-refractivity contribution in [1.82, 2.24) is 0 Å². The number of ether oxygens (including phenoxy) is 18. The van der Waals surface area contributed by atoms with Crippen molar-refractivity contribution in [2.75, 3.05) is 33.0 Å². The predicted octanol–water partition coefficient (Wildman–Crippen LogP) is -6.35. The molecule has 0 bridgehead atoms. The van der Waals surface area contributed by atoms with Crippen LogP contribution in [0.5, 0.6) is 0 Å². The highest BCUT2D eigenvalue weighted by Crippen LogP contribution is 2.76. The van der Waals surface area contributed by atoms with Crippen LogP contribution < -0.4 is 0 Å². The number of hydrogen-bond donors (Lipinski definition) is 19. The van der Waals surface area contributed by atoms with Crippen LogP contribution in [0.1, 0.15) is 133 Å². The lowest BCUT2D eigenvalue weighted by Crippen LogP contribution is -2.69. The van der Waals surface area contributed by atoms with E-state index in [-0.39, 0.29) is 24.2 Å². The highest BCUT2D eigenvalue weighted by Gasteiger charge is 2.72. The second-order valence-corrected chi connectivity index (χ2v) is 37.0. The maximum Gasteiger partial charge on any atom is 0.335 e. The first-order valence-electron chi connectivity index (χ1n) is 41.6. The Labute approximate surface area is 695 Å². The molecule has 5 aliphatic carbocycles. The number of hydrogen-bond acceptors (Lipinski definition) is 41. The number of aldehydes is 1. The number of allylic oxidation sites excluding steroid dienone is 2. The average molecular weight is 1740 g/mol. The van der Waals surface area contributed by atoms with Crippen molar-refractivity contribution in [2.24, 2.45) is 50.2 Å². The van der Waals surface area contributed by atoms with Gasteiger partial charge in [-0.2, -0.15) is 0 Å². The number of aliphatic hydroxyl groups excluding tert-OH is 18. The van der Waals surface area contributed by atoms with E-state index in [2.05, 4.69) is 40.7 Å². The Balaban J connectivity index is 0.772. The van der Waals surface area contributed by atoms with Gasteiger partial charge in [0, 0.05) is 13.8 Å². The zero-order valence-electron chi connectivity index (χ0n) is 68.8. The fourth-order valence-electron chi connectivity index (χ4n) is 21.9. The minimum absolute atomic E-state index is 0.103. The van der Waals surface area contributed by atoms with E-state index in [1.54, 1.807) is 6.92 Å². The molecule has 8 saturated heterocycles. The van der Waals surface area contributed by atoms with Gasteiger partial charge in [-0.1, -0.05) is 53.2 Å². The zero-order valence-corrected chi connectivity index (χ0v) is 68.8. The third kappa shape index (κ3) is 17.4. The molecule has 13 aliphatic rings. The van der Waals surface area contributed by atoms with Crippen LogP contribution in [0.2, 0.25) is 0 Å². The van der Waals surface area contributed by atoms with Crippen LogP contribution in [-0.2, 0) is 109 Å². The van der Waals surface area contributed by atoms with Crippen molar-refractivity contribution in [3.63, 3.8) is 0 Å². The zero-order chi connectivity index (χ0) is 88.3. The molecule has 0 unspecified atom stereocenters. The van der Waals surface area contributed by atoms with Crippen LogP contribution in [0, 0.1) is 50.2 Å². The number of carboxylic acids is 1. The largest absolute Gasteiger partial charge is 0.479 e. The van der Waals surface area contributed by atoms with Gasteiger partial charge >= 0.3 is 23.9 Å². The van der Waals surface area contributed by atoms with Crippen molar-refractivity contribution in [1.29, 1.82) is 0 Å². The Kier molecular flexibility index (Phi) is 28.5. The van der Waals surface area contributed by atoms with E-state index in [9.17, 15) is 116 Å². The van der Waals surface area contributed by atoms with Gasteiger partial charge in [-0.25, -0.2) is 4.79 Å². The second kappa shape index (κ2) is 36.5. The molecular weight excluding hydrogens is 1620 g/mol. The number of carbonyl (C=O) groups excluding carboxylic acids is 4. The van der Waals surface area contributed by atoms with Crippen LogP contribution in [0.25, 0.3) is 0 Å². The van der Waals surface area contributed by atoms with Crippen LogP contribution in [0.4, 0.5) is 0 Å². The second-order valence-electron chi connectivity index (χ2n) is 37.0. The molecule has 0 aromatic rings. The Morgan fingerprint density at radius 2 is 0.959 bits per heavy atom. The van der Waals surface area contributed by atoms with Crippen molar-refractivity contribution >= 4 is 30.2 Å². The fourth-order valence-corrected chi connectivity index (χ4v) is 21.9. The summed E-state index contributed by atoms with van der Waals surface area (Å²) in [4.78, 5) is 68.5. The summed E-state index contributed by atoms with van der Waals surface area (Å²) < 4.78 is 109. The molecule has 12 fully saturated rings. The number of rotatable bonds is 22. The van der Waals surface area contributed by atoms with Gasteiger partial charge in [-0.15, -0.1) is 0 Å². The lowest BCUT2D eigenvalue weighted by atomic mass is 9.33. The molecule has 42 nitrogen and oxygen atoms in total. The normalized spacial score (nSPS) is 52.5. The summed E-state index contributed by atoms with van der Waals surface area (Å²) in [5, 5.41) is 211. The van der Waals surface area contributed by atoms with E-state index in [0.717, 1.165) is 25.7 Å². The minimum atomic E-state index is -2.24. The molecule has 19 N–H and O–H groups in total. The van der Waals surface area contributed by atoms with Crippen molar-refractivity contribution in [3.8, 4) is 0 Å². The molecule has 0 amide bonds. The topological polar surface area (TPSA) is 636 Å². The minimum Gasteiger partial charge on any atom is -0.479 e. The van der Waals surface area contributed by atoms with Gasteiger partial charge in [0.1, 0.15) is 159 Å². The summed E-state index contributed by atoms with van der Waals surface area (Å²) in [6.07, 6.45) is -63.5. The highest BCUT2D eigenvalue weighted by molar-refractivity contribution is 5.79. The molecule has 42 heteroatoms. The number of esters is 3. The molecule has 0 spiro atoms. The van der Waals surface area contributed by atoms with Gasteiger partial charge in [-0.3, -0.25) is 14.4 Å². The predicted molar refractivity (Wildman–Crippen MR) is 393 cm³/mol. The first-order chi connectivity index (χ1) is 56.8. The average Bonchev–Trinajstić information content (AvgIpc) is 0.672. The van der Waals surface area contributed by atoms with Crippen LogP contribution >= 0.6 is 0 Å². The van der Waals surface area contributed by atoms with Crippen molar-refractivity contribution < 1.29 is 206 Å². The molecule has 8 heterocycles.